The quantitative estimate of drug-likeness (QED) is 0.312. The number of urea groups is 1. The predicted molar refractivity (Wildman–Crippen MR) is 130 cm³/mol. The van der Waals surface area contributed by atoms with Gasteiger partial charge in [0.1, 0.15) is 6.04 Å². The lowest BCUT2D eigenvalue weighted by Gasteiger charge is -2.12. The summed E-state index contributed by atoms with van der Waals surface area (Å²) in [6.07, 6.45) is 4.03. The molecule has 0 bridgehead atoms. The third kappa shape index (κ3) is 4.69. The van der Waals surface area contributed by atoms with E-state index in [1.807, 2.05) is 78.9 Å². The lowest BCUT2D eigenvalue weighted by molar-refractivity contribution is -0.117. The van der Waals surface area contributed by atoms with Crippen LogP contribution in [0.25, 0.3) is 23.1 Å². The summed E-state index contributed by atoms with van der Waals surface area (Å²) < 4.78 is 0. The first-order valence-electron chi connectivity index (χ1n) is 10.6. The molecular weight excluding hydrogens is 416 g/mol. The molecule has 1 fully saturated rings. The largest absolute Gasteiger partial charge is 0.355 e. The van der Waals surface area contributed by atoms with Gasteiger partial charge in [-0.25, -0.2) is 4.79 Å². The van der Waals surface area contributed by atoms with Crippen molar-refractivity contribution in [3.8, 4) is 0 Å². The van der Waals surface area contributed by atoms with E-state index in [1.54, 1.807) is 6.07 Å². The number of anilines is 3. The number of carbonyl (C=O) groups excluding carboxylic acids is 2. The minimum atomic E-state index is -0.581. The van der Waals surface area contributed by atoms with Crippen molar-refractivity contribution in [2.75, 3.05) is 17.2 Å². The maximum Gasteiger partial charge on any atom is 0.315 e. The molecule has 1 aliphatic rings. The number of benzene rings is 3. The molecule has 1 saturated heterocycles. The van der Waals surface area contributed by atoms with Gasteiger partial charge in [-0.1, -0.05) is 42.5 Å². The standard InChI is InChI=1S/C25H22N6O2/c32-24(23-15-26-25(33)29-23)28-18-8-4-7-17(13-18)27-19-10-11-20-21(30-31-22(20)14-19)12-9-16-5-2-1-3-6-16/h1-14,23,27H,15H2,(H,28,32)(H,30,31)(H2,26,29,33)/b12-9+. The van der Waals surface area contributed by atoms with Crippen LogP contribution in [-0.2, 0) is 4.79 Å². The number of amides is 3. The molecule has 0 spiro atoms. The van der Waals surface area contributed by atoms with Crippen molar-refractivity contribution in [2.24, 2.45) is 0 Å². The monoisotopic (exact) mass is 438 g/mol. The number of aromatic nitrogens is 2. The molecule has 33 heavy (non-hydrogen) atoms. The smallest absolute Gasteiger partial charge is 0.315 e. The number of nitrogens with one attached hydrogen (secondary N) is 5. The Kier molecular flexibility index (Phi) is 5.47. The van der Waals surface area contributed by atoms with Crippen LogP contribution in [0.5, 0.6) is 0 Å². The van der Waals surface area contributed by atoms with Crippen LogP contribution < -0.4 is 21.3 Å². The van der Waals surface area contributed by atoms with Gasteiger partial charge in [-0.15, -0.1) is 0 Å². The van der Waals surface area contributed by atoms with Gasteiger partial charge >= 0.3 is 6.03 Å². The number of aromatic amines is 1. The molecule has 2 heterocycles. The van der Waals surface area contributed by atoms with Gasteiger partial charge in [-0.2, -0.15) is 5.10 Å². The first kappa shape index (κ1) is 20.3. The Balaban J connectivity index is 1.28. The number of nitrogens with zero attached hydrogens (tertiary/aromatic N) is 1. The van der Waals surface area contributed by atoms with Crippen LogP contribution >= 0.6 is 0 Å². The first-order valence-corrected chi connectivity index (χ1v) is 10.6. The van der Waals surface area contributed by atoms with E-state index in [4.69, 9.17) is 0 Å². The van der Waals surface area contributed by atoms with E-state index in [9.17, 15) is 9.59 Å². The summed E-state index contributed by atoms with van der Waals surface area (Å²) in [4.78, 5) is 23.6. The summed E-state index contributed by atoms with van der Waals surface area (Å²) in [5.74, 6) is -0.263. The van der Waals surface area contributed by atoms with Crippen molar-refractivity contribution in [3.05, 3.63) is 84.1 Å². The van der Waals surface area contributed by atoms with E-state index in [0.29, 0.717) is 5.69 Å². The highest BCUT2D eigenvalue weighted by Gasteiger charge is 2.26. The molecule has 4 aromatic rings. The van der Waals surface area contributed by atoms with Crippen LogP contribution in [-0.4, -0.2) is 34.7 Å². The number of carbonyl (C=O) groups is 2. The summed E-state index contributed by atoms with van der Waals surface area (Å²) in [6.45, 7) is 0.273. The van der Waals surface area contributed by atoms with Gasteiger partial charge in [0.25, 0.3) is 0 Å². The minimum absolute atomic E-state index is 0.263. The second-order valence-electron chi connectivity index (χ2n) is 7.72. The molecule has 3 amide bonds. The zero-order chi connectivity index (χ0) is 22.6. The van der Waals surface area contributed by atoms with E-state index in [1.165, 1.54) is 0 Å². The summed E-state index contributed by atoms with van der Waals surface area (Å²) in [5, 5.41) is 19.9. The number of hydrogen-bond donors (Lipinski definition) is 5. The van der Waals surface area contributed by atoms with Crippen molar-refractivity contribution in [2.45, 2.75) is 6.04 Å². The molecule has 0 saturated carbocycles. The molecule has 8 heteroatoms. The molecule has 1 aliphatic heterocycles. The molecule has 5 N–H and O–H groups in total. The lowest BCUT2D eigenvalue weighted by atomic mass is 10.1. The second kappa shape index (κ2) is 8.88. The van der Waals surface area contributed by atoms with Gasteiger partial charge in [0.2, 0.25) is 5.91 Å². The Labute approximate surface area is 190 Å². The summed E-state index contributed by atoms with van der Waals surface area (Å²) in [6, 6.07) is 22.6. The third-order valence-corrected chi connectivity index (χ3v) is 5.33. The number of H-pyrrole nitrogens is 1. The zero-order valence-corrected chi connectivity index (χ0v) is 17.6. The van der Waals surface area contributed by atoms with Crippen molar-refractivity contribution < 1.29 is 9.59 Å². The Morgan fingerprint density at radius 3 is 2.58 bits per heavy atom. The van der Waals surface area contributed by atoms with E-state index in [0.717, 1.165) is 33.5 Å². The molecule has 1 unspecified atom stereocenters. The third-order valence-electron chi connectivity index (χ3n) is 5.33. The Hall–Kier alpha value is -4.59. The van der Waals surface area contributed by atoms with Crippen LogP contribution in [0.1, 0.15) is 11.3 Å². The molecule has 5 rings (SSSR count). The fourth-order valence-corrected chi connectivity index (χ4v) is 3.67. The van der Waals surface area contributed by atoms with E-state index < -0.39 is 6.04 Å². The fourth-order valence-electron chi connectivity index (χ4n) is 3.67. The lowest BCUT2D eigenvalue weighted by Crippen LogP contribution is -2.38. The maximum absolute atomic E-state index is 12.3. The van der Waals surface area contributed by atoms with Gasteiger partial charge in [-0.3, -0.25) is 9.89 Å². The Bertz CT molecular complexity index is 1350. The highest BCUT2D eigenvalue weighted by atomic mass is 16.2. The molecule has 8 nitrogen and oxygen atoms in total. The first-order chi connectivity index (χ1) is 16.1. The molecular formula is C25H22N6O2. The van der Waals surface area contributed by atoms with Crippen LogP contribution in [0.3, 0.4) is 0 Å². The van der Waals surface area contributed by atoms with Crippen molar-refractivity contribution in [1.82, 2.24) is 20.8 Å². The van der Waals surface area contributed by atoms with Crippen LogP contribution in [0.15, 0.2) is 72.8 Å². The van der Waals surface area contributed by atoms with Gasteiger partial charge in [0.15, 0.2) is 0 Å². The average Bonchev–Trinajstić information content (AvgIpc) is 3.44. The SMILES string of the molecule is O=C1NCC(C(=O)Nc2cccc(Nc3ccc4c(/C=C/c5ccccc5)n[nH]c4c3)c2)N1. The van der Waals surface area contributed by atoms with Gasteiger partial charge < -0.3 is 21.3 Å². The van der Waals surface area contributed by atoms with Crippen molar-refractivity contribution in [1.29, 1.82) is 0 Å². The van der Waals surface area contributed by atoms with E-state index in [2.05, 4.69) is 31.5 Å². The molecule has 164 valence electrons. The topological polar surface area (TPSA) is 111 Å². The Morgan fingerprint density at radius 1 is 0.939 bits per heavy atom. The molecule has 0 aliphatic carbocycles. The van der Waals surface area contributed by atoms with Gasteiger partial charge in [0, 0.05) is 29.0 Å². The summed E-state index contributed by atoms with van der Waals surface area (Å²) >= 11 is 0. The Morgan fingerprint density at radius 2 is 1.76 bits per heavy atom. The second-order valence-corrected chi connectivity index (χ2v) is 7.72. The normalized spacial score (nSPS) is 15.4. The predicted octanol–water partition coefficient (Wildman–Crippen LogP) is 4.10. The van der Waals surface area contributed by atoms with Gasteiger partial charge in [0.05, 0.1) is 11.2 Å². The molecule has 0 radical (unpaired) electrons. The zero-order valence-electron chi connectivity index (χ0n) is 17.6. The molecule has 1 aromatic heterocycles. The van der Waals surface area contributed by atoms with Crippen LogP contribution in [0.2, 0.25) is 0 Å². The highest BCUT2D eigenvalue weighted by Crippen LogP contribution is 2.25. The molecule has 3 aromatic carbocycles. The molecule has 1 atom stereocenters. The van der Waals surface area contributed by atoms with Crippen LogP contribution in [0, 0.1) is 0 Å². The van der Waals surface area contributed by atoms with Gasteiger partial charge in [-0.05, 0) is 48.0 Å². The van der Waals surface area contributed by atoms with Crippen molar-refractivity contribution >= 4 is 52.1 Å². The average molecular weight is 438 g/mol. The minimum Gasteiger partial charge on any atom is -0.355 e. The fraction of sp³-hybridized carbons (Fsp3) is 0.0800. The van der Waals surface area contributed by atoms with Crippen molar-refractivity contribution in [3.63, 3.8) is 0 Å². The number of fused-ring (bicyclic) bond motifs is 1. The summed E-state index contributed by atoms with van der Waals surface area (Å²) in [5.41, 5.74) is 5.26. The highest BCUT2D eigenvalue weighted by molar-refractivity contribution is 5.99. The number of hydrogen-bond acceptors (Lipinski definition) is 4. The van der Waals surface area contributed by atoms with E-state index >= 15 is 0 Å². The number of rotatable bonds is 6. The van der Waals surface area contributed by atoms with Crippen LogP contribution in [0.4, 0.5) is 21.9 Å². The van der Waals surface area contributed by atoms with E-state index in [-0.39, 0.29) is 18.5 Å². The summed E-state index contributed by atoms with van der Waals surface area (Å²) in [7, 11) is 0. The maximum atomic E-state index is 12.3.